The van der Waals surface area contributed by atoms with Gasteiger partial charge >= 0.3 is 0 Å². The Morgan fingerprint density at radius 3 is 2.35 bits per heavy atom. The summed E-state index contributed by atoms with van der Waals surface area (Å²) in [6, 6.07) is 16.4. The summed E-state index contributed by atoms with van der Waals surface area (Å²) in [6.45, 7) is 8.30. The summed E-state index contributed by atoms with van der Waals surface area (Å²) >= 11 is 0. The van der Waals surface area contributed by atoms with E-state index in [2.05, 4.69) is 53.4 Å². The van der Waals surface area contributed by atoms with Crippen molar-refractivity contribution >= 4 is 5.65 Å². The second-order valence-corrected chi connectivity index (χ2v) is 7.90. The predicted molar refractivity (Wildman–Crippen MR) is 120 cm³/mol. The standard InChI is InChI=1S/C25H23N5O/c1-15-9-5-7-11-19(15)13-21-17(3)27-24-22(14-26-30(24)18(21)4)25-28-23(29-31-25)20-12-8-6-10-16(20)2/h5-12,14H,13H2,1-4H3. The van der Waals surface area contributed by atoms with Gasteiger partial charge in [0.15, 0.2) is 5.65 Å². The average Bonchev–Trinajstić information content (AvgIpc) is 3.40. The van der Waals surface area contributed by atoms with Gasteiger partial charge in [-0.3, -0.25) is 0 Å². The summed E-state index contributed by atoms with van der Waals surface area (Å²) in [7, 11) is 0. The fourth-order valence-corrected chi connectivity index (χ4v) is 3.98. The largest absolute Gasteiger partial charge is 0.333 e. The van der Waals surface area contributed by atoms with E-state index in [1.165, 1.54) is 16.7 Å². The Morgan fingerprint density at radius 2 is 1.58 bits per heavy atom. The molecule has 3 heterocycles. The van der Waals surface area contributed by atoms with Crippen LogP contribution in [0.4, 0.5) is 0 Å². The van der Waals surface area contributed by atoms with Crippen LogP contribution in [0.15, 0.2) is 59.3 Å². The van der Waals surface area contributed by atoms with Gasteiger partial charge < -0.3 is 4.52 Å². The molecule has 6 nitrogen and oxygen atoms in total. The summed E-state index contributed by atoms with van der Waals surface area (Å²) in [4.78, 5) is 9.49. The van der Waals surface area contributed by atoms with Crippen LogP contribution in [-0.2, 0) is 6.42 Å². The van der Waals surface area contributed by atoms with Crippen LogP contribution in [0.25, 0.3) is 28.5 Å². The first-order valence-corrected chi connectivity index (χ1v) is 10.3. The number of benzene rings is 2. The molecule has 0 aliphatic rings. The number of rotatable bonds is 4. The highest BCUT2D eigenvalue weighted by molar-refractivity contribution is 5.73. The Balaban J connectivity index is 1.57. The average molecular weight is 409 g/mol. The monoisotopic (exact) mass is 409 g/mol. The van der Waals surface area contributed by atoms with Crippen LogP contribution in [0.3, 0.4) is 0 Å². The molecule has 0 saturated carbocycles. The van der Waals surface area contributed by atoms with E-state index in [1.807, 2.05) is 42.6 Å². The quantitative estimate of drug-likeness (QED) is 0.404. The number of nitrogens with zero attached hydrogens (tertiary/aromatic N) is 5. The molecule has 0 amide bonds. The number of aromatic nitrogens is 5. The number of fused-ring (bicyclic) bond motifs is 1. The highest BCUT2D eigenvalue weighted by Gasteiger charge is 2.20. The molecule has 0 unspecified atom stereocenters. The zero-order chi connectivity index (χ0) is 21.5. The van der Waals surface area contributed by atoms with Crippen LogP contribution >= 0.6 is 0 Å². The summed E-state index contributed by atoms with van der Waals surface area (Å²) in [5.74, 6) is 0.989. The van der Waals surface area contributed by atoms with Gasteiger partial charge in [-0.1, -0.05) is 53.7 Å². The van der Waals surface area contributed by atoms with Crippen molar-refractivity contribution in [1.29, 1.82) is 0 Å². The number of hydrogen-bond acceptors (Lipinski definition) is 5. The fraction of sp³-hybridized carbons (Fsp3) is 0.200. The topological polar surface area (TPSA) is 69.1 Å². The van der Waals surface area contributed by atoms with Gasteiger partial charge in [-0.2, -0.15) is 10.1 Å². The minimum absolute atomic E-state index is 0.422. The van der Waals surface area contributed by atoms with Crippen LogP contribution in [0.2, 0.25) is 0 Å². The van der Waals surface area contributed by atoms with E-state index in [0.29, 0.717) is 11.7 Å². The smallest absolute Gasteiger partial charge is 0.263 e. The third-order valence-corrected chi connectivity index (χ3v) is 5.88. The second kappa shape index (κ2) is 7.47. The summed E-state index contributed by atoms with van der Waals surface area (Å²) in [5, 5.41) is 8.77. The van der Waals surface area contributed by atoms with Gasteiger partial charge in [0.25, 0.3) is 5.89 Å². The lowest BCUT2D eigenvalue weighted by atomic mass is 9.99. The van der Waals surface area contributed by atoms with Crippen LogP contribution in [0.5, 0.6) is 0 Å². The van der Waals surface area contributed by atoms with Gasteiger partial charge in [-0.25, -0.2) is 9.50 Å². The first-order valence-electron chi connectivity index (χ1n) is 10.3. The molecule has 0 spiro atoms. The minimum Gasteiger partial charge on any atom is -0.333 e. The molecule has 0 fully saturated rings. The lowest BCUT2D eigenvalue weighted by Crippen LogP contribution is -2.07. The minimum atomic E-state index is 0.422. The molecule has 0 aliphatic heterocycles. The van der Waals surface area contributed by atoms with Crippen molar-refractivity contribution in [2.75, 3.05) is 0 Å². The summed E-state index contributed by atoms with van der Waals surface area (Å²) in [5.41, 5.74) is 9.31. The van der Waals surface area contributed by atoms with E-state index in [1.54, 1.807) is 6.20 Å². The third kappa shape index (κ3) is 3.30. The summed E-state index contributed by atoms with van der Waals surface area (Å²) < 4.78 is 7.46. The Bertz CT molecular complexity index is 1410. The van der Waals surface area contributed by atoms with Crippen molar-refractivity contribution in [3.05, 3.63) is 88.4 Å². The van der Waals surface area contributed by atoms with Crippen molar-refractivity contribution in [3.8, 4) is 22.8 Å². The highest BCUT2D eigenvalue weighted by Crippen LogP contribution is 2.28. The molecular weight excluding hydrogens is 386 g/mol. The van der Waals surface area contributed by atoms with Gasteiger partial charge in [-0.05, 0) is 49.9 Å². The van der Waals surface area contributed by atoms with E-state index in [-0.39, 0.29) is 0 Å². The van der Waals surface area contributed by atoms with Crippen molar-refractivity contribution in [3.63, 3.8) is 0 Å². The molecule has 31 heavy (non-hydrogen) atoms. The maximum atomic E-state index is 5.59. The van der Waals surface area contributed by atoms with Crippen LogP contribution in [0.1, 0.15) is 33.6 Å². The molecule has 0 atom stereocenters. The van der Waals surface area contributed by atoms with Crippen LogP contribution in [-0.4, -0.2) is 24.7 Å². The van der Waals surface area contributed by atoms with E-state index in [9.17, 15) is 0 Å². The fourth-order valence-electron chi connectivity index (χ4n) is 3.98. The molecule has 0 radical (unpaired) electrons. The predicted octanol–water partition coefficient (Wildman–Crippen LogP) is 5.27. The Hall–Kier alpha value is -3.80. The lowest BCUT2D eigenvalue weighted by molar-refractivity contribution is 0.432. The maximum absolute atomic E-state index is 5.59. The van der Waals surface area contributed by atoms with E-state index < -0.39 is 0 Å². The first-order chi connectivity index (χ1) is 15.0. The molecule has 0 bridgehead atoms. The number of hydrogen-bond donors (Lipinski definition) is 0. The molecule has 2 aromatic carbocycles. The second-order valence-electron chi connectivity index (χ2n) is 7.90. The Morgan fingerprint density at radius 1 is 0.839 bits per heavy atom. The van der Waals surface area contributed by atoms with Crippen LogP contribution in [0, 0.1) is 27.7 Å². The van der Waals surface area contributed by atoms with Gasteiger partial charge in [0.1, 0.15) is 5.56 Å². The maximum Gasteiger partial charge on any atom is 0.263 e. The van der Waals surface area contributed by atoms with E-state index in [4.69, 9.17) is 9.51 Å². The highest BCUT2D eigenvalue weighted by atomic mass is 16.5. The zero-order valence-corrected chi connectivity index (χ0v) is 18.0. The molecule has 5 rings (SSSR count). The zero-order valence-electron chi connectivity index (χ0n) is 18.0. The van der Waals surface area contributed by atoms with Crippen molar-refractivity contribution in [2.45, 2.75) is 34.1 Å². The molecule has 3 aromatic heterocycles. The molecule has 0 aliphatic carbocycles. The van der Waals surface area contributed by atoms with Gasteiger partial charge in [-0.15, -0.1) is 0 Å². The molecule has 6 heteroatoms. The number of aryl methyl sites for hydroxylation is 4. The van der Waals surface area contributed by atoms with Crippen molar-refractivity contribution < 1.29 is 4.52 Å². The Kier molecular flexibility index (Phi) is 4.62. The van der Waals surface area contributed by atoms with Crippen molar-refractivity contribution in [1.82, 2.24) is 24.7 Å². The van der Waals surface area contributed by atoms with Gasteiger partial charge in [0, 0.05) is 23.4 Å². The van der Waals surface area contributed by atoms with E-state index in [0.717, 1.165) is 40.1 Å². The molecule has 154 valence electrons. The molecular formula is C25H23N5O. The van der Waals surface area contributed by atoms with Gasteiger partial charge in [0.05, 0.1) is 6.20 Å². The molecule has 0 saturated heterocycles. The van der Waals surface area contributed by atoms with Crippen LogP contribution < -0.4 is 0 Å². The van der Waals surface area contributed by atoms with Gasteiger partial charge in [0.2, 0.25) is 5.82 Å². The summed E-state index contributed by atoms with van der Waals surface area (Å²) in [6.07, 6.45) is 2.57. The lowest BCUT2D eigenvalue weighted by Gasteiger charge is -2.13. The molecule has 5 aromatic rings. The molecule has 0 N–H and O–H groups in total. The third-order valence-electron chi connectivity index (χ3n) is 5.88. The first kappa shape index (κ1) is 19.2. The SMILES string of the molecule is Cc1ccccc1Cc1c(C)nc2c(-c3nc(-c4ccccc4C)no3)cnn2c1C. The Labute approximate surface area is 180 Å². The van der Waals surface area contributed by atoms with Crippen molar-refractivity contribution in [2.24, 2.45) is 0 Å². The van der Waals surface area contributed by atoms with E-state index >= 15 is 0 Å². The normalized spacial score (nSPS) is 11.4.